The van der Waals surface area contributed by atoms with Crippen molar-refractivity contribution in [1.29, 1.82) is 0 Å². The lowest BCUT2D eigenvalue weighted by atomic mass is 10.0. The summed E-state index contributed by atoms with van der Waals surface area (Å²) in [7, 11) is 0. The first-order valence-corrected chi connectivity index (χ1v) is 10.2. The van der Waals surface area contributed by atoms with Crippen molar-refractivity contribution in [3.63, 3.8) is 0 Å². The predicted octanol–water partition coefficient (Wildman–Crippen LogP) is 5.35. The van der Waals surface area contributed by atoms with Gasteiger partial charge in [0.25, 0.3) is 0 Å². The third kappa shape index (κ3) is 5.23. The monoisotopic (exact) mass is 437 g/mol. The summed E-state index contributed by atoms with van der Waals surface area (Å²) in [6, 6.07) is 12.5. The van der Waals surface area contributed by atoms with Gasteiger partial charge in [-0.1, -0.05) is 43.0 Å². The smallest absolute Gasteiger partial charge is 0.131 e. The molecule has 0 spiro atoms. The van der Waals surface area contributed by atoms with E-state index in [0.29, 0.717) is 29.1 Å². The lowest BCUT2D eigenvalue weighted by Crippen LogP contribution is -2.01. The topological polar surface area (TPSA) is 80.5 Å². The van der Waals surface area contributed by atoms with Gasteiger partial charge in [-0.3, -0.25) is 4.98 Å². The highest BCUT2D eigenvalue weighted by molar-refractivity contribution is 5.80. The van der Waals surface area contributed by atoms with E-state index in [4.69, 9.17) is 10.7 Å². The maximum absolute atomic E-state index is 14.4. The lowest BCUT2D eigenvalue weighted by Gasteiger charge is -2.07. The summed E-state index contributed by atoms with van der Waals surface area (Å²) in [4.78, 5) is 16.6. The zero-order valence-electron chi connectivity index (χ0n) is 18.3. The molecule has 0 aliphatic rings. The average molecular weight is 438 g/mol. The van der Waals surface area contributed by atoms with Crippen LogP contribution < -0.4 is 5.73 Å². The fourth-order valence-electron chi connectivity index (χ4n) is 3.50. The molecule has 3 aromatic heterocycles. The summed E-state index contributed by atoms with van der Waals surface area (Å²) in [5, 5.41) is 0. The highest BCUT2D eigenvalue weighted by Gasteiger charge is 2.17. The molecule has 33 heavy (non-hydrogen) atoms. The quantitative estimate of drug-likeness (QED) is 0.315. The molecule has 1 aromatic carbocycles. The Morgan fingerprint density at radius 2 is 1.94 bits per heavy atom. The van der Waals surface area contributed by atoms with Crippen LogP contribution in [0.2, 0.25) is 0 Å². The van der Waals surface area contributed by atoms with Crippen LogP contribution in [0.15, 0.2) is 79.8 Å². The van der Waals surface area contributed by atoms with Gasteiger partial charge >= 0.3 is 0 Å². The standard InChI is InChI=1S/C25H22FN5.C2H2/c1-3-7-21(20-9-4-5-10-22(20)26)24-16(2)30-23(31-24)13-18-12-19(15-29-25(18)27)17-8-6-11-28-14-17;1-2/h3-12,14-15H,1,13H2,2H3,(H2,27,29)(H,30,31);1-2H/b21-7-;. The summed E-state index contributed by atoms with van der Waals surface area (Å²) in [5.74, 6) is 0.854. The van der Waals surface area contributed by atoms with Crippen LogP contribution in [0.1, 0.15) is 28.3 Å². The largest absolute Gasteiger partial charge is 0.383 e. The van der Waals surface area contributed by atoms with E-state index in [1.54, 1.807) is 48.9 Å². The van der Waals surface area contributed by atoms with Crippen LogP contribution in [0.25, 0.3) is 16.7 Å². The molecule has 4 rings (SSSR count). The fourth-order valence-corrected chi connectivity index (χ4v) is 3.50. The van der Waals surface area contributed by atoms with E-state index in [9.17, 15) is 4.39 Å². The highest BCUT2D eigenvalue weighted by Crippen LogP contribution is 2.28. The Balaban J connectivity index is 0.00000149. The Morgan fingerprint density at radius 1 is 1.15 bits per heavy atom. The molecule has 0 radical (unpaired) electrons. The number of H-pyrrole nitrogens is 1. The number of aromatic amines is 1. The highest BCUT2D eigenvalue weighted by atomic mass is 19.1. The maximum Gasteiger partial charge on any atom is 0.131 e. The number of allylic oxidation sites excluding steroid dienone is 2. The Kier molecular flexibility index (Phi) is 7.51. The molecule has 0 saturated carbocycles. The van der Waals surface area contributed by atoms with Gasteiger partial charge in [0.2, 0.25) is 0 Å². The number of aromatic nitrogens is 4. The molecule has 0 bridgehead atoms. The summed E-state index contributed by atoms with van der Waals surface area (Å²) < 4.78 is 14.4. The number of hydrogen-bond acceptors (Lipinski definition) is 4. The first kappa shape index (κ1) is 23.2. The number of halogens is 1. The third-order valence-corrected chi connectivity index (χ3v) is 4.99. The van der Waals surface area contributed by atoms with E-state index in [-0.39, 0.29) is 5.82 Å². The normalized spacial score (nSPS) is 10.8. The van der Waals surface area contributed by atoms with Gasteiger partial charge in [0.05, 0.1) is 5.69 Å². The van der Waals surface area contributed by atoms with Crippen molar-refractivity contribution in [2.45, 2.75) is 13.3 Å². The molecule has 0 aliphatic heterocycles. The number of imidazole rings is 1. The molecule has 0 aliphatic carbocycles. The van der Waals surface area contributed by atoms with Crippen LogP contribution in [-0.4, -0.2) is 19.9 Å². The zero-order chi connectivity index (χ0) is 23.8. The summed E-state index contributed by atoms with van der Waals surface area (Å²) in [6.07, 6.45) is 17.1. The molecule has 3 heterocycles. The van der Waals surface area contributed by atoms with E-state index in [2.05, 4.69) is 34.4 Å². The number of rotatable bonds is 6. The van der Waals surface area contributed by atoms with Crippen molar-refractivity contribution >= 4 is 11.4 Å². The molecule has 0 saturated heterocycles. The minimum Gasteiger partial charge on any atom is -0.383 e. The van der Waals surface area contributed by atoms with Crippen LogP contribution in [0, 0.1) is 25.6 Å². The van der Waals surface area contributed by atoms with Crippen LogP contribution in [-0.2, 0) is 6.42 Å². The van der Waals surface area contributed by atoms with Gasteiger partial charge in [0.1, 0.15) is 17.5 Å². The number of hydrogen-bond donors (Lipinski definition) is 2. The van der Waals surface area contributed by atoms with Gasteiger partial charge < -0.3 is 10.7 Å². The molecule has 164 valence electrons. The first-order chi connectivity index (χ1) is 16.1. The number of aryl methyl sites for hydroxylation is 1. The number of pyridine rings is 2. The van der Waals surface area contributed by atoms with Crippen molar-refractivity contribution in [1.82, 2.24) is 19.9 Å². The summed E-state index contributed by atoms with van der Waals surface area (Å²) >= 11 is 0. The second-order valence-corrected chi connectivity index (χ2v) is 7.14. The fraction of sp³-hybridized carbons (Fsp3) is 0.0741. The third-order valence-electron chi connectivity index (χ3n) is 4.99. The summed E-state index contributed by atoms with van der Waals surface area (Å²) in [6.45, 7) is 5.68. The number of nitrogens with one attached hydrogen (secondary N) is 1. The Hall–Kier alpha value is -4.50. The number of nitrogens with zero attached hydrogens (tertiary/aromatic N) is 3. The minimum atomic E-state index is -0.308. The average Bonchev–Trinajstić information content (AvgIpc) is 3.21. The zero-order valence-corrected chi connectivity index (χ0v) is 18.3. The molecule has 0 amide bonds. The van der Waals surface area contributed by atoms with Crippen molar-refractivity contribution in [2.24, 2.45) is 0 Å². The van der Waals surface area contributed by atoms with Crippen LogP contribution in [0.4, 0.5) is 10.2 Å². The molecule has 6 heteroatoms. The Bertz CT molecular complexity index is 1300. The Labute approximate surface area is 193 Å². The molecule has 5 nitrogen and oxygen atoms in total. The molecular weight excluding hydrogens is 413 g/mol. The molecule has 3 N–H and O–H groups in total. The number of nitrogens with two attached hydrogens (primary N) is 1. The van der Waals surface area contributed by atoms with Crippen molar-refractivity contribution in [3.8, 4) is 24.0 Å². The van der Waals surface area contributed by atoms with Gasteiger partial charge in [-0.05, 0) is 25.1 Å². The van der Waals surface area contributed by atoms with Gasteiger partial charge in [-0.25, -0.2) is 14.4 Å². The number of anilines is 1. The van der Waals surface area contributed by atoms with E-state index < -0.39 is 0 Å². The minimum absolute atomic E-state index is 0.308. The lowest BCUT2D eigenvalue weighted by molar-refractivity contribution is 0.624. The first-order valence-electron chi connectivity index (χ1n) is 10.2. The maximum atomic E-state index is 14.4. The molecule has 0 fully saturated rings. The van der Waals surface area contributed by atoms with E-state index >= 15 is 0 Å². The SMILES string of the molecule is C#C.C=C/C=C(/c1ccccc1F)c1nc(Cc2cc(-c3cccnc3)cnc2N)[nH]c1C. The second kappa shape index (κ2) is 10.7. The van der Waals surface area contributed by atoms with E-state index in [1.165, 1.54) is 6.07 Å². The second-order valence-electron chi connectivity index (χ2n) is 7.14. The van der Waals surface area contributed by atoms with Crippen molar-refractivity contribution in [2.75, 3.05) is 5.73 Å². The number of terminal acetylenes is 1. The van der Waals surface area contributed by atoms with Gasteiger partial charge in [-0.15, -0.1) is 12.8 Å². The number of nitrogen functional groups attached to an aromatic ring is 1. The van der Waals surface area contributed by atoms with Crippen LogP contribution in [0.3, 0.4) is 0 Å². The van der Waals surface area contributed by atoms with Gasteiger partial charge in [-0.2, -0.15) is 0 Å². The van der Waals surface area contributed by atoms with Gasteiger partial charge in [0, 0.05) is 58.5 Å². The van der Waals surface area contributed by atoms with Crippen LogP contribution >= 0.6 is 0 Å². The summed E-state index contributed by atoms with van der Waals surface area (Å²) in [5.41, 5.74) is 11.5. The Morgan fingerprint density at radius 3 is 2.64 bits per heavy atom. The van der Waals surface area contributed by atoms with E-state index in [0.717, 1.165) is 28.2 Å². The number of benzene rings is 1. The van der Waals surface area contributed by atoms with Crippen molar-refractivity contribution in [3.05, 3.63) is 114 Å². The van der Waals surface area contributed by atoms with E-state index in [1.807, 2.05) is 25.1 Å². The molecule has 0 unspecified atom stereocenters. The van der Waals surface area contributed by atoms with Crippen molar-refractivity contribution < 1.29 is 4.39 Å². The van der Waals surface area contributed by atoms with Gasteiger partial charge in [0.15, 0.2) is 0 Å². The molecule has 4 aromatic rings. The predicted molar refractivity (Wildman–Crippen MR) is 132 cm³/mol. The van der Waals surface area contributed by atoms with Crippen LogP contribution in [0.5, 0.6) is 0 Å². The molecule has 0 atom stereocenters. The molecular formula is C27H24FN5.